The summed E-state index contributed by atoms with van der Waals surface area (Å²) in [7, 11) is 0. The molecule has 0 bridgehead atoms. The van der Waals surface area contributed by atoms with Crippen LogP contribution in [-0.4, -0.2) is 4.98 Å². The fourth-order valence-electron chi connectivity index (χ4n) is 1.48. The topological polar surface area (TPSA) is 12.9 Å². The maximum atomic E-state index is 13.4. The van der Waals surface area contributed by atoms with Gasteiger partial charge in [0.2, 0.25) is 0 Å². The second-order valence-electron chi connectivity index (χ2n) is 3.78. The SMILES string of the molecule is Fc1cc(-c2ccc(C(F)(F)F)cn2)c(F)c(F)c1F. The lowest BCUT2D eigenvalue weighted by Gasteiger charge is -2.08. The lowest BCUT2D eigenvalue weighted by Crippen LogP contribution is -2.06. The van der Waals surface area contributed by atoms with Crippen LogP contribution in [0.1, 0.15) is 5.56 Å². The molecule has 0 amide bonds. The van der Waals surface area contributed by atoms with Gasteiger partial charge in [-0.15, -0.1) is 0 Å². The molecule has 2 aromatic rings. The van der Waals surface area contributed by atoms with Crippen molar-refractivity contribution in [3.05, 3.63) is 53.2 Å². The van der Waals surface area contributed by atoms with Crippen LogP contribution in [0.25, 0.3) is 11.3 Å². The molecule has 8 heteroatoms. The Hall–Kier alpha value is -2.12. The highest BCUT2D eigenvalue weighted by molar-refractivity contribution is 5.60. The fourth-order valence-corrected chi connectivity index (χ4v) is 1.48. The number of benzene rings is 1. The van der Waals surface area contributed by atoms with Gasteiger partial charge in [0.15, 0.2) is 23.3 Å². The molecular weight excluding hydrogens is 291 g/mol. The Bertz CT molecular complexity index is 646. The number of hydrogen-bond acceptors (Lipinski definition) is 1. The first-order valence-corrected chi connectivity index (χ1v) is 5.08. The Labute approximate surface area is 107 Å². The van der Waals surface area contributed by atoms with Gasteiger partial charge < -0.3 is 0 Å². The molecule has 0 aliphatic rings. The van der Waals surface area contributed by atoms with Crippen LogP contribution < -0.4 is 0 Å². The Morgan fingerprint density at radius 1 is 0.850 bits per heavy atom. The van der Waals surface area contributed by atoms with Crippen molar-refractivity contribution < 1.29 is 30.7 Å². The number of halogens is 7. The molecule has 0 N–H and O–H groups in total. The normalized spacial score (nSPS) is 11.8. The van der Waals surface area contributed by atoms with E-state index in [1.54, 1.807) is 0 Å². The summed E-state index contributed by atoms with van der Waals surface area (Å²) in [4.78, 5) is 3.27. The van der Waals surface area contributed by atoms with Crippen LogP contribution >= 0.6 is 0 Å². The van der Waals surface area contributed by atoms with E-state index in [1.807, 2.05) is 0 Å². The average Bonchev–Trinajstić information content (AvgIpc) is 2.40. The summed E-state index contributed by atoms with van der Waals surface area (Å²) >= 11 is 0. The molecule has 106 valence electrons. The number of aromatic nitrogens is 1. The first-order valence-electron chi connectivity index (χ1n) is 5.08. The molecule has 0 atom stereocenters. The molecule has 1 aromatic heterocycles. The predicted octanol–water partition coefficient (Wildman–Crippen LogP) is 4.32. The predicted molar refractivity (Wildman–Crippen MR) is 54.5 cm³/mol. The zero-order chi connectivity index (χ0) is 15.1. The van der Waals surface area contributed by atoms with Crippen molar-refractivity contribution in [1.29, 1.82) is 0 Å². The molecule has 0 unspecified atom stereocenters. The van der Waals surface area contributed by atoms with Crippen LogP contribution in [0.2, 0.25) is 0 Å². The van der Waals surface area contributed by atoms with Crippen LogP contribution in [0.15, 0.2) is 24.4 Å². The Kier molecular flexibility index (Phi) is 3.41. The monoisotopic (exact) mass is 295 g/mol. The second kappa shape index (κ2) is 4.77. The Balaban J connectivity index is 2.53. The molecule has 2 rings (SSSR count). The van der Waals surface area contributed by atoms with Gasteiger partial charge >= 0.3 is 6.18 Å². The third kappa shape index (κ3) is 2.45. The van der Waals surface area contributed by atoms with Crippen molar-refractivity contribution in [2.24, 2.45) is 0 Å². The van der Waals surface area contributed by atoms with Gasteiger partial charge in [0.25, 0.3) is 0 Å². The maximum absolute atomic E-state index is 13.4. The van der Waals surface area contributed by atoms with E-state index in [2.05, 4.69) is 4.98 Å². The number of hydrogen-bond donors (Lipinski definition) is 0. The van der Waals surface area contributed by atoms with Crippen molar-refractivity contribution in [3.63, 3.8) is 0 Å². The minimum absolute atomic E-state index is 0.323. The van der Waals surface area contributed by atoms with E-state index in [9.17, 15) is 30.7 Å². The Morgan fingerprint density at radius 3 is 2.00 bits per heavy atom. The van der Waals surface area contributed by atoms with Gasteiger partial charge in [0, 0.05) is 11.8 Å². The van der Waals surface area contributed by atoms with Gasteiger partial charge in [0.1, 0.15) is 0 Å². The summed E-state index contributed by atoms with van der Waals surface area (Å²) < 4.78 is 89.1. The fraction of sp³-hybridized carbons (Fsp3) is 0.0833. The molecular formula is C12H4F7N. The third-order valence-electron chi connectivity index (χ3n) is 2.47. The summed E-state index contributed by atoms with van der Waals surface area (Å²) in [6.07, 6.45) is -4.27. The molecule has 20 heavy (non-hydrogen) atoms. The summed E-state index contributed by atoms with van der Waals surface area (Å²) in [6, 6.07) is 1.63. The highest BCUT2D eigenvalue weighted by Gasteiger charge is 2.31. The first kappa shape index (κ1) is 14.3. The second-order valence-corrected chi connectivity index (χ2v) is 3.78. The largest absolute Gasteiger partial charge is 0.417 e. The van der Waals surface area contributed by atoms with Gasteiger partial charge in [-0.1, -0.05) is 0 Å². The summed E-state index contributed by atoms with van der Waals surface area (Å²) in [5.41, 5.74) is -2.33. The lowest BCUT2D eigenvalue weighted by molar-refractivity contribution is -0.137. The van der Waals surface area contributed by atoms with E-state index < -0.39 is 46.3 Å². The number of alkyl halides is 3. The quantitative estimate of drug-likeness (QED) is 0.433. The molecule has 0 saturated heterocycles. The van der Waals surface area contributed by atoms with Crippen LogP contribution in [0.3, 0.4) is 0 Å². The van der Waals surface area contributed by atoms with Crippen molar-refractivity contribution in [2.45, 2.75) is 6.18 Å². The molecule has 0 fully saturated rings. The minimum Gasteiger partial charge on any atom is -0.256 e. The van der Waals surface area contributed by atoms with E-state index in [4.69, 9.17) is 0 Å². The highest BCUT2D eigenvalue weighted by Crippen LogP contribution is 2.31. The summed E-state index contributed by atoms with van der Waals surface area (Å²) in [5.74, 6) is -7.45. The average molecular weight is 295 g/mol. The smallest absolute Gasteiger partial charge is 0.256 e. The molecule has 1 aromatic carbocycles. The highest BCUT2D eigenvalue weighted by atomic mass is 19.4. The number of rotatable bonds is 1. The van der Waals surface area contributed by atoms with Crippen molar-refractivity contribution >= 4 is 0 Å². The van der Waals surface area contributed by atoms with E-state index in [1.165, 1.54) is 0 Å². The maximum Gasteiger partial charge on any atom is 0.417 e. The zero-order valence-corrected chi connectivity index (χ0v) is 9.40. The summed E-state index contributed by atoms with van der Waals surface area (Å²) in [5, 5.41) is 0. The van der Waals surface area contributed by atoms with Crippen molar-refractivity contribution in [3.8, 4) is 11.3 Å². The minimum atomic E-state index is -4.65. The first-order chi connectivity index (χ1) is 9.21. The third-order valence-corrected chi connectivity index (χ3v) is 2.47. The molecule has 1 nitrogen and oxygen atoms in total. The van der Waals surface area contributed by atoms with Gasteiger partial charge in [-0.2, -0.15) is 13.2 Å². The molecule has 0 aliphatic carbocycles. The van der Waals surface area contributed by atoms with E-state index in [-0.39, 0.29) is 0 Å². The van der Waals surface area contributed by atoms with Crippen LogP contribution in [0.5, 0.6) is 0 Å². The number of pyridine rings is 1. The molecule has 0 saturated carbocycles. The molecule has 0 aliphatic heterocycles. The number of nitrogens with zero attached hydrogens (tertiary/aromatic N) is 1. The van der Waals surface area contributed by atoms with Gasteiger partial charge in [-0.05, 0) is 18.2 Å². The van der Waals surface area contributed by atoms with E-state index in [0.717, 1.165) is 6.07 Å². The van der Waals surface area contributed by atoms with Crippen molar-refractivity contribution in [1.82, 2.24) is 4.98 Å². The van der Waals surface area contributed by atoms with Crippen LogP contribution in [0, 0.1) is 23.3 Å². The lowest BCUT2D eigenvalue weighted by atomic mass is 10.1. The van der Waals surface area contributed by atoms with Crippen LogP contribution in [-0.2, 0) is 6.18 Å². The standard InChI is InChI=1S/C12H4F7N/c13-7-3-6(9(14)11(16)10(7)15)8-2-1-5(4-20-8)12(17,18)19/h1-4H. The molecule has 0 radical (unpaired) electrons. The molecule has 1 heterocycles. The van der Waals surface area contributed by atoms with E-state index >= 15 is 0 Å². The summed E-state index contributed by atoms with van der Waals surface area (Å²) in [6.45, 7) is 0. The molecule has 0 spiro atoms. The van der Waals surface area contributed by atoms with Crippen molar-refractivity contribution in [2.75, 3.05) is 0 Å². The van der Waals surface area contributed by atoms with Gasteiger partial charge in [0.05, 0.1) is 11.3 Å². The van der Waals surface area contributed by atoms with Gasteiger partial charge in [-0.25, -0.2) is 17.6 Å². The van der Waals surface area contributed by atoms with Gasteiger partial charge in [-0.3, -0.25) is 4.98 Å². The van der Waals surface area contributed by atoms with E-state index in [0.29, 0.717) is 18.3 Å². The van der Waals surface area contributed by atoms with Crippen LogP contribution in [0.4, 0.5) is 30.7 Å². The zero-order valence-electron chi connectivity index (χ0n) is 9.40. The Morgan fingerprint density at radius 2 is 1.50 bits per heavy atom.